The Bertz CT molecular complexity index is 1610. The maximum absolute atomic E-state index is 11.0. The monoisotopic (exact) mass is 757 g/mol. The Labute approximate surface area is 301 Å². The summed E-state index contributed by atoms with van der Waals surface area (Å²) in [7, 11) is 0. The van der Waals surface area contributed by atoms with Crippen LogP contribution in [0.25, 0.3) is 5.76 Å². The van der Waals surface area contributed by atoms with Crippen molar-refractivity contribution in [3.8, 4) is 11.5 Å². The number of hydrogen-bond donors (Lipinski definition) is 13. The van der Waals surface area contributed by atoms with Crippen LogP contribution in [0.1, 0.15) is 18.9 Å². The van der Waals surface area contributed by atoms with Gasteiger partial charge in [0.15, 0.2) is 41.5 Å². The number of aliphatic hydroxyl groups is 13. The van der Waals surface area contributed by atoms with Gasteiger partial charge in [-0.25, -0.2) is 0 Å². The van der Waals surface area contributed by atoms with Crippen molar-refractivity contribution in [3.05, 3.63) is 64.8 Å². The van der Waals surface area contributed by atoms with Gasteiger partial charge >= 0.3 is 0 Å². The topological polar surface area (TPSA) is 322 Å². The quantitative estimate of drug-likeness (QED) is 0.0845. The van der Waals surface area contributed by atoms with Crippen molar-refractivity contribution in [2.24, 2.45) is 5.92 Å². The zero-order valence-corrected chi connectivity index (χ0v) is 28.1. The van der Waals surface area contributed by atoms with Crippen LogP contribution in [0.3, 0.4) is 0 Å². The van der Waals surface area contributed by atoms with Gasteiger partial charge < -0.3 is 94.8 Å². The van der Waals surface area contributed by atoms with Crippen LogP contribution in [-0.2, 0) is 23.7 Å². The molecule has 3 heterocycles. The Morgan fingerprint density at radius 3 is 2.13 bits per heavy atom. The van der Waals surface area contributed by atoms with Gasteiger partial charge in [0.05, 0.1) is 24.4 Å². The average molecular weight is 758 g/mol. The maximum Gasteiger partial charge on any atom is 0.229 e. The van der Waals surface area contributed by atoms with E-state index >= 15 is 0 Å². The molecule has 53 heavy (non-hydrogen) atoms. The number of ether oxygens (including phenoxy) is 6. The lowest BCUT2D eigenvalue weighted by Crippen LogP contribution is -2.61. The summed E-state index contributed by atoms with van der Waals surface area (Å²) >= 11 is 0. The third-order valence-corrected chi connectivity index (χ3v) is 10.0. The highest BCUT2D eigenvalue weighted by atomic mass is 16.7. The molecule has 294 valence electrons. The van der Waals surface area contributed by atoms with Crippen LogP contribution >= 0.6 is 0 Å². The molecule has 0 spiro atoms. The van der Waals surface area contributed by atoms with E-state index in [-0.39, 0.29) is 40.6 Å². The number of phenolic OH excluding ortho intramolecular Hbond substituents is 2. The molecule has 16 unspecified atom stereocenters. The van der Waals surface area contributed by atoms with E-state index in [2.05, 4.69) is 4.74 Å². The van der Waals surface area contributed by atoms with Gasteiger partial charge in [-0.1, -0.05) is 0 Å². The van der Waals surface area contributed by atoms with E-state index in [1.165, 1.54) is 31.2 Å². The lowest BCUT2D eigenvalue weighted by atomic mass is 9.81. The largest absolute Gasteiger partial charge is 0.508 e. The zero-order valence-electron chi connectivity index (χ0n) is 28.1. The number of aromatic hydroxyl groups is 2. The highest BCUT2D eigenvalue weighted by Crippen LogP contribution is 2.41. The predicted octanol–water partition coefficient (Wildman–Crippen LogP) is -3.91. The summed E-state index contributed by atoms with van der Waals surface area (Å²) in [6.45, 7) is 0.358. The fraction of sp³-hybridized carbons (Fsp3) is 0.588. The molecule has 0 aromatic heterocycles. The Kier molecular flexibility index (Phi) is 11.7. The van der Waals surface area contributed by atoms with Crippen molar-refractivity contribution >= 4 is 5.76 Å². The Balaban J connectivity index is 1.30. The molecule has 1 aromatic rings. The molecule has 19 nitrogen and oxygen atoms in total. The van der Waals surface area contributed by atoms with Crippen LogP contribution in [0.4, 0.5) is 0 Å². The third-order valence-electron chi connectivity index (χ3n) is 10.0. The number of rotatable bonds is 9. The number of benzene rings is 1. The van der Waals surface area contributed by atoms with Crippen molar-refractivity contribution in [2.75, 3.05) is 13.2 Å². The summed E-state index contributed by atoms with van der Waals surface area (Å²) in [5.74, 6) is -2.48. The zero-order chi connectivity index (χ0) is 38.5. The Hall–Kier alpha value is -3.38. The Morgan fingerprint density at radius 1 is 0.755 bits per heavy atom. The molecular weight excluding hydrogens is 712 g/mol. The molecule has 3 aliphatic heterocycles. The van der Waals surface area contributed by atoms with Gasteiger partial charge in [-0.15, -0.1) is 0 Å². The fourth-order valence-electron chi connectivity index (χ4n) is 6.80. The Morgan fingerprint density at radius 2 is 1.43 bits per heavy atom. The molecule has 5 aliphatic rings. The van der Waals surface area contributed by atoms with Gasteiger partial charge in [-0.05, 0) is 31.2 Å². The summed E-state index contributed by atoms with van der Waals surface area (Å²) < 4.78 is 33.6. The number of aliphatic hydroxyl groups excluding tert-OH is 11. The molecule has 3 fully saturated rings. The van der Waals surface area contributed by atoms with Gasteiger partial charge in [-0.2, -0.15) is 0 Å². The van der Waals surface area contributed by atoms with Gasteiger partial charge in [0.25, 0.3) is 0 Å². The molecule has 2 aliphatic carbocycles. The van der Waals surface area contributed by atoms with Crippen LogP contribution in [0.5, 0.6) is 11.5 Å². The smallest absolute Gasteiger partial charge is 0.229 e. The molecule has 19 heteroatoms. The number of hydrogen-bond acceptors (Lipinski definition) is 18. The molecule has 0 amide bonds. The minimum absolute atomic E-state index is 0.0117. The number of phenols is 2. The lowest BCUT2D eigenvalue weighted by molar-refractivity contribution is -0.323. The van der Waals surface area contributed by atoms with Gasteiger partial charge in [0, 0.05) is 36.7 Å². The van der Waals surface area contributed by atoms with Gasteiger partial charge in [0.2, 0.25) is 12.4 Å². The third kappa shape index (κ3) is 7.77. The van der Waals surface area contributed by atoms with Crippen LogP contribution in [0.2, 0.25) is 0 Å². The van der Waals surface area contributed by atoms with Crippen molar-refractivity contribution in [1.82, 2.24) is 0 Å². The number of allylic oxidation sites excluding steroid dienone is 2. The minimum atomic E-state index is -1.90. The standard InChI is InChI=1S/C34H44O19/c1-11-23(39)27(43)30(46)33(49-11)48-10-22-26(42)29(45)31(47)34(53-22)52-21-8-15-18(50-20-5-13(9-35)24(40)28(44)25(20)41)6-14(36)7-19(15)51-32(21)12-2-3-16(37)17(38)4-12/h2-4,6-8,11,13,18,20,22-31,33-47H,5,9-10H2,1H3/p+1. The SMILES string of the molecule is CC1OC(OCC2OC(OC3=C(c4ccc(O)c(O)c4)OC4=CC(O)=CC([OH+]C5CC(CO)C(O)C(O)C5O)C4=C3)C(O)C(O)C2O)C(O)C(O)C1O. The average Bonchev–Trinajstić information content (AvgIpc) is 3.13. The van der Waals surface area contributed by atoms with Crippen molar-refractivity contribution in [1.29, 1.82) is 0 Å². The maximum atomic E-state index is 11.0. The second-order valence-corrected chi connectivity index (χ2v) is 13.7. The van der Waals surface area contributed by atoms with E-state index in [1.54, 1.807) is 0 Å². The van der Waals surface area contributed by atoms with Gasteiger partial charge in [0.1, 0.15) is 60.4 Å². The van der Waals surface area contributed by atoms with Crippen LogP contribution in [0, 0.1) is 5.92 Å². The molecule has 6 rings (SSSR count). The van der Waals surface area contributed by atoms with Crippen LogP contribution in [-0.4, -0.2) is 176 Å². The summed E-state index contributed by atoms with van der Waals surface area (Å²) in [5.41, 5.74) is 0.325. The summed E-state index contributed by atoms with van der Waals surface area (Å²) in [6, 6.07) is 3.63. The highest BCUT2D eigenvalue weighted by molar-refractivity contribution is 5.71. The first kappa shape index (κ1) is 39.3. The second kappa shape index (κ2) is 15.8. The minimum Gasteiger partial charge on any atom is -0.508 e. The first-order chi connectivity index (χ1) is 25.1. The molecular formula is C34H45O19+. The van der Waals surface area contributed by atoms with E-state index in [1.807, 2.05) is 0 Å². The number of fused-ring (bicyclic) bond motifs is 1. The van der Waals surface area contributed by atoms with Gasteiger partial charge in [-0.3, -0.25) is 0 Å². The summed E-state index contributed by atoms with van der Waals surface area (Å²) in [6.07, 6.45) is -18.7. The first-order valence-electron chi connectivity index (χ1n) is 16.9. The van der Waals surface area contributed by atoms with Crippen LogP contribution < -0.4 is 0 Å². The lowest BCUT2D eigenvalue weighted by Gasteiger charge is -2.42. The van der Waals surface area contributed by atoms with Crippen molar-refractivity contribution in [3.63, 3.8) is 0 Å². The van der Waals surface area contributed by atoms with E-state index in [9.17, 15) is 66.4 Å². The van der Waals surface area contributed by atoms with Crippen molar-refractivity contribution < 1.29 is 94.8 Å². The van der Waals surface area contributed by atoms with Crippen molar-refractivity contribution in [2.45, 2.75) is 105 Å². The van der Waals surface area contributed by atoms with E-state index in [0.29, 0.717) is 0 Å². The summed E-state index contributed by atoms with van der Waals surface area (Å²) in [5, 5.41) is 135. The molecule has 0 radical (unpaired) electrons. The predicted molar refractivity (Wildman–Crippen MR) is 174 cm³/mol. The van der Waals surface area contributed by atoms with Crippen LogP contribution in [0.15, 0.2) is 59.3 Å². The fourth-order valence-corrected chi connectivity index (χ4v) is 6.80. The molecule has 2 saturated heterocycles. The molecule has 1 saturated carbocycles. The van der Waals surface area contributed by atoms with E-state index in [4.69, 9.17) is 23.7 Å². The first-order valence-corrected chi connectivity index (χ1v) is 16.9. The molecule has 0 bridgehead atoms. The highest BCUT2D eigenvalue weighted by Gasteiger charge is 2.50. The molecule has 14 N–H and O–H groups in total. The normalized spacial score (nSPS) is 41.8. The van der Waals surface area contributed by atoms with E-state index in [0.717, 1.165) is 12.1 Å². The second-order valence-electron chi connectivity index (χ2n) is 13.7. The molecule has 1 aromatic carbocycles. The molecule has 16 atom stereocenters. The summed E-state index contributed by atoms with van der Waals surface area (Å²) in [4.78, 5) is 0. The van der Waals surface area contributed by atoms with E-state index < -0.39 is 123 Å².